The molecule has 3 rings (SSSR count). The summed E-state index contributed by atoms with van der Waals surface area (Å²) in [5, 5.41) is 22.4. The molecule has 0 fully saturated rings. The number of aryl methyl sites for hydroxylation is 1. The van der Waals surface area contributed by atoms with E-state index in [-0.39, 0.29) is 29.3 Å². The van der Waals surface area contributed by atoms with Crippen molar-refractivity contribution in [2.24, 2.45) is 0 Å². The van der Waals surface area contributed by atoms with Gasteiger partial charge in [0.05, 0.1) is 22.5 Å². The van der Waals surface area contributed by atoms with E-state index in [4.69, 9.17) is 9.47 Å². The lowest BCUT2D eigenvalue weighted by Gasteiger charge is -2.12. The van der Waals surface area contributed by atoms with Crippen molar-refractivity contribution in [1.29, 1.82) is 0 Å². The summed E-state index contributed by atoms with van der Waals surface area (Å²) in [6, 6.07) is 15.4. The van der Waals surface area contributed by atoms with E-state index in [0.29, 0.717) is 16.9 Å². The van der Waals surface area contributed by atoms with E-state index >= 15 is 0 Å². The molecule has 0 saturated carbocycles. The van der Waals surface area contributed by atoms with Crippen molar-refractivity contribution in [3.63, 3.8) is 0 Å². The Balaban J connectivity index is 1.83. The lowest BCUT2D eigenvalue weighted by molar-refractivity contribution is -0.386. The van der Waals surface area contributed by atoms with Gasteiger partial charge in [-0.15, -0.1) is 0 Å². The molecular weight excluding hydrogens is 428 g/mol. The quantitative estimate of drug-likeness (QED) is 0.188. The Bertz CT molecular complexity index is 1250. The number of carbonyl (C=O) groups is 1. The van der Waals surface area contributed by atoms with Crippen LogP contribution >= 0.6 is 0 Å². The van der Waals surface area contributed by atoms with Gasteiger partial charge in [0.2, 0.25) is 0 Å². The van der Waals surface area contributed by atoms with Crippen molar-refractivity contribution < 1.29 is 24.1 Å². The number of ether oxygens (including phenoxy) is 2. The molecule has 0 heterocycles. The highest BCUT2D eigenvalue weighted by atomic mass is 16.6. The number of allylic oxidation sites excluding steroid dienone is 1. The van der Waals surface area contributed by atoms with Gasteiger partial charge in [-0.1, -0.05) is 30.3 Å². The lowest BCUT2D eigenvalue weighted by Crippen LogP contribution is -2.02. The van der Waals surface area contributed by atoms with Gasteiger partial charge < -0.3 is 9.47 Å². The van der Waals surface area contributed by atoms with Gasteiger partial charge >= 0.3 is 5.69 Å². The number of nitro benzene ring substituents is 2. The normalized spacial score (nSPS) is 10.7. The number of carbonyl (C=O) groups excluding carboxylic acids is 1. The molecule has 0 amide bonds. The van der Waals surface area contributed by atoms with Crippen LogP contribution in [0.25, 0.3) is 6.08 Å². The zero-order chi connectivity index (χ0) is 24.0. The van der Waals surface area contributed by atoms with Crippen LogP contribution in [0.15, 0.2) is 66.7 Å². The Labute approximate surface area is 189 Å². The van der Waals surface area contributed by atoms with Crippen LogP contribution in [-0.2, 0) is 6.61 Å². The molecular formula is C24H20N2O7. The molecule has 0 spiro atoms. The Morgan fingerprint density at radius 3 is 2.36 bits per heavy atom. The number of ketones is 1. The third kappa shape index (κ3) is 5.59. The fraction of sp³-hybridized carbons (Fsp3) is 0.125. The summed E-state index contributed by atoms with van der Waals surface area (Å²) < 4.78 is 11.1. The predicted molar refractivity (Wildman–Crippen MR) is 122 cm³/mol. The first kappa shape index (κ1) is 23.1. The van der Waals surface area contributed by atoms with E-state index in [9.17, 15) is 25.0 Å². The third-order valence-electron chi connectivity index (χ3n) is 4.79. The van der Waals surface area contributed by atoms with Gasteiger partial charge in [0, 0.05) is 17.7 Å². The molecule has 33 heavy (non-hydrogen) atoms. The summed E-state index contributed by atoms with van der Waals surface area (Å²) in [4.78, 5) is 33.8. The molecule has 3 aromatic carbocycles. The minimum absolute atomic E-state index is 0.00670. The maximum atomic E-state index is 12.5. The van der Waals surface area contributed by atoms with E-state index in [1.165, 1.54) is 43.5 Å². The Kier molecular flexibility index (Phi) is 7.14. The van der Waals surface area contributed by atoms with E-state index in [1.54, 1.807) is 43.3 Å². The molecule has 0 aromatic heterocycles. The van der Waals surface area contributed by atoms with Crippen LogP contribution in [0.2, 0.25) is 0 Å². The van der Waals surface area contributed by atoms with Gasteiger partial charge in [-0.3, -0.25) is 25.0 Å². The minimum Gasteiger partial charge on any atom is -0.496 e. The molecule has 9 nitrogen and oxygen atoms in total. The molecule has 0 atom stereocenters. The van der Waals surface area contributed by atoms with Gasteiger partial charge in [0.15, 0.2) is 11.5 Å². The fourth-order valence-electron chi connectivity index (χ4n) is 3.16. The van der Waals surface area contributed by atoms with Gasteiger partial charge in [-0.05, 0) is 48.4 Å². The van der Waals surface area contributed by atoms with Crippen molar-refractivity contribution in [1.82, 2.24) is 0 Å². The largest absolute Gasteiger partial charge is 0.496 e. The Morgan fingerprint density at radius 1 is 0.939 bits per heavy atom. The zero-order valence-electron chi connectivity index (χ0n) is 17.9. The first-order valence-electron chi connectivity index (χ1n) is 9.80. The molecule has 0 saturated heterocycles. The van der Waals surface area contributed by atoms with Gasteiger partial charge in [0.25, 0.3) is 5.69 Å². The maximum absolute atomic E-state index is 12.5. The van der Waals surface area contributed by atoms with Crippen molar-refractivity contribution in [2.75, 3.05) is 7.11 Å². The zero-order valence-corrected chi connectivity index (χ0v) is 17.9. The predicted octanol–water partition coefficient (Wildman–Crippen LogP) is 5.30. The van der Waals surface area contributed by atoms with Gasteiger partial charge in [-0.2, -0.15) is 0 Å². The van der Waals surface area contributed by atoms with Gasteiger partial charge in [-0.25, -0.2) is 0 Å². The van der Waals surface area contributed by atoms with Crippen LogP contribution in [0.1, 0.15) is 27.0 Å². The highest BCUT2D eigenvalue weighted by Gasteiger charge is 2.18. The van der Waals surface area contributed by atoms with Crippen LogP contribution < -0.4 is 9.47 Å². The average Bonchev–Trinajstić information content (AvgIpc) is 2.81. The smallest absolute Gasteiger partial charge is 0.310 e. The number of nitrogens with zero attached hydrogens (tertiary/aromatic N) is 2. The number of methoxy groups -OCH3 is 1. The molecule has 0 aliphatic carbocycles. The van der Waals surface area contributed by atoms with E-state index in [2.05, 4.69) is 0 Å². The lowest BCUT2D eigenvalue weighted by atomic mass is 10.1. The van der Waals surface area contributed by atoms with Crippen LogP contribution in [0.5, 0.6) is 11.5 Å². The number of nitro groups is 2. The van der Waals surface area contributed by atoms with E-state index in [0.717, 1.165) is 5.56 Å². The number of hydrogen-bond donors (Lipinski definition) is 0. The fourth-order valence-corrected chi connectivity index (χ4v) is 3.16. The summed E-state index contributed by atoms with van der Waals surface area (Å²) >= 11 is 0. The molecule has 0 unspecified atom stereocenters. The first-order chi connectivity index (χ1) is 15.8. The molecule has 0 aliphatic heterocycles. The summed E-state index contributed by atoms with van der Waals surface area (Å²) in [6.07, 6.45) is 2.78. The van der Waals surface area contributed by atoms with Crippen molar-refractivity contribution in [2.45, 2.75) is 13.5 Å². The molecule has 9 heteroatoms. The van der Waals surface area contributed by atoms with Gasteiger partial charge in [0.1, 0.15) is 12.4 Å². The Morgan fingerprint density at radius 2 is 1.67 bits per heavy atom. The molecule has 0 bridgehead atoms. The molecule has 3 aromatic rings. The average molecular weight is 448 g/mol. The number of rotatable bonds is 9. The first-order valence-corrected chi connectivity index (χ1v) is 9.80. The monoisotopic (exact) mass is 448 g/mol. The second-order valence-corrected chi connectivity index (χ2v) is 7.06. The minimum atomic E-state index is -0.603. The van der Waals surface area contributed by atoms with E-state index in [1.807, 2.05) is 0 Å². The number of hydrogen-bond acceptors (Lipinski definition) is 7. The van der Waals surface area contributed by atoms with Crippen molar-refractivity contribution in [3.8, 4) is 11.5 Å². The van der Waals surface area contributed by atoms with E-state index < -0.39 is 15.6 Å². The second-order valence-electron chi connectivity index (χ2n) is 7.06. The Hall–Kier alpha value is -4.53. The SMILES string of the molecule is COc1ccc(/C=C/C(=O)c2ccccc2[N+](=O)[O-])cc1COc1cc(C)ccc1[N+](=O)[O-]. The summed E-state index contributed by atoms with van der Waals surface area (Å²) in [5.41, 5.74) is 1.62. The standard InChI is InChI=1S/C24H20N2O7/c1-16-7-10-21(26(30)31)24(13-16)33-15-18-14-17(9-12-23(18)32-2)8-11-22(27)19-5-3-4-6-20(19)25(28)29/h3-14H,15H2,1-2H3/b11-8+. The topological polar surface area (TPSA) is 122 Å². The van der Waals surface area contributed by atoms with Crippen molar-refractivity contribution >= 4 is 23.2 Å². The van der Waals surface area contributed by atoms with Crippen LogP contribution in [0.3, 0.4) is 0 Å². The number of para-hydroxylation sites is 1. The number of benzene rings is 3. The van der Waals surface area contributed by atoms with Crippen LogP contribution in [0, 0.1) is 27.2 Å². The maximum Gasteiger partial charge on any atom is 0.310 e. The highest BCUT2D eigenvalue weighted by Crippen LogP contribution is 2.30. The molecule has 0 aliphatic rings. The van der Waals surface area contributed by atoms with Crippen LogP contribution in [-0.4, -0.2) is 22.7 Å². The summed E-state index contributed by atoms with van der Waals surface area (Å²) in [6.45, 7) is 1.80. The summed E-state index contributed by atoms with van der Waals surface area (Å²) in [7, 11) is 1.49. The van der Waals surface area contributed by atoms with Crippen molar-refractivity contribution in [3.05, 3.63) is 109 Å². The molecule has 0 N–H and O–H groups in total. The third-order valence-corrected chi connectivity index (χ3v) is 4.79. The highest BCUT2D eigenvalue weighted by molar-refractivity contribution is 6.09. The van der Waals surface area contributed by atoms with Crippen LogP contribution in [0.4, 0.5) is 11.4 Å². The second kappa shape index (κ2) is 10.2. The molecule has 168 valence electrons. The summed E-state index contributed by atoms with van der Waals surface area (Å²) in [5.74, 6) is 0.133. The molecule has 0 radical (unpaired) electrons.